The molecule has 1 aromatic heterocycles. The highest BCUT2D eigenvalue weighted by molar-refractivity contribution is 5.83. The van der Waals surface area contributed by atoms with Gasteiger partial charge in [-0.2, -0.15) is 0 Å². The lowest BCUT2D eigenvalue weighted by Crippen LogP contribution is -2.52. The molecule has 0 bridgehead atoms. The van der Waals surface area contributed by atoms with Crippen molar-refractivity contribution in [3.63, 3.8) is 0 Å². The van der Waals surface area contributed by atoms with Crippen molar-refractivity contribution in [1.29, 1.82) is 0 Å². The van der Waals surface area contributed by atoms with Crippen molar-refractivity contribution in [2.45, 2.75) is 6.42 Å². The number of para-hydroxylation sites is 1. The fourth-order valence-electron chi connectivity index (χ4n) is 3.96. The van der Waals surface area contributed by atoms with Gasteiger partial charge in [0.2, 0.25) is 0 Å². The predicted octanol–water partition coefficient (Wildman–Crippen LogP) is 3.12. The number of aliphatic imine (C=N–C) groups is 1. The van der Waals surface area contributed by atoms with Gasteiger partial charge in [0.1, 0.15) is 5.75 Å². The Balaban J connectivity index is 1.30. The summed E-state index contributed by atoms with van der Waals surface area (Å²) in [6.45, 7) is 4.70. The molecule has 2 N–H and O–H groups in total. The summed E-state index contributed by atoms with van der Waals surface area (Å²) in [6, 6.07) is 16.7. The highest BCUT2D eigenvalue weighted by atomic mass is 16.5. The smallest absolute Gasteiger partial charge is 0.193 e. The van der Waals surface area contributed by atoms with E-state index in [0.29, 0.717) is 0 Å². The van der Waals surface area contributed by atoms with E-state index in [-0.39, 0.29) is 0 Å². The van der Waals surface area contributed by atoms with Crippen LogP contribution in [0.5, 0.6) is 5.75 Å². The van der Waals surface area contributed by atoms with Gasteiger partial charge < -0.3 is 24.8 Å². The van der Waals surface area contributed by atoms with Gasteiger partial charge in [-0.15, -0.1) is 0 Å². The summed E-state index contributed by atoms with van der Waals surface area (Å²) in [7, 11) is 3.57. The minimum Gasteiger partial charge on any atom is -0.497 e. The zero-order valence-electron chi connectivity index (χ0n) is 17.2. The maximum Gasteiger partial charge on any atom is 0.193 e. The topological polar surface area (TPSA) is 55.9 Å². The van der Waals surface area contributed by atoms with E-state index < -0.39 is 0 Å². The van der Waals surface area contributed by atoms with E-state index in [1.54, 1.807) is 7.11 Å². The molecule has 0 aliphatic carbocycles. The first kappa shape index (κ1) is 19.2. The molecular formula is C23H29N5O. The SMILES string of the molecule is CN=C(NCCc1c[nH]c2ccccc12)N1CCN(c2cccc(OC)c2)CC1. The quantitative estimate of drug-likeness (QED) is 0.518. The molecule has 6 heteroatoms. The van der Waals surface area contributed by atoms with Crippen LogP contribution in [0.2, 0.25) is 0 Å². The highest BCUT2D eigenvalue weighted by Gasteiger charge is 2.20. The normalized spacial score (nSPS) is 15.0. The number of benzene rings is 2. The van der Waals surface area contributed by atoms with Crippen LogP contribution in [-0.2, 0) is 6.42 Å². The molecule has 152 valence electrons. The molecule has 0 radical (unpaired) electrons. The first-order valence-corrected chi connectivity index (χ1v) is 10.2. The number of H-pyrrole nitrogens is 1. The fraction of sp³-hybridized carbons (Fsp3) is 0.348. The molecule has 0 unspecified atom stereocenters. The number of guanidine groups is 1. The van der Waals surface area contributed by atoms with Crippen molar-refractivity contribution in [3.05, 3.63) is 60.3 Å². The molecule has 2 aromatic carbocycles. The Morgan fingerprint density at radius 2 is 1.93 bits per heavy atom. The lowest BCUT2D eigenvalue weighted by Gasteiger charge is -2.37. The molecule has 6 nitrogen and oxygen atoms in total. The summed E-state index contributed by atoms with van der Waals surface area (Å²) in [4.78, 5) is 12.6. The standard InChI is InChI=1S/C23H29N5O/c1-24-23(25-11-10-18-17-26-22-9-4-3-8-21(18)22)28-14-12-27(13-15-28)19-6-5-7-20(16-19)29-2/h3-9,16-17,26H,10-15H2,1-2H3,(H,24,25). The number of hydrogen-bond acceptors (Lipinski definition) is 3. The number of anilines is 1. The molecule has 0 amide bonds. The molecule has 3 aromatic rings. The van der Waals surface area contributed by atoms with Gasteiger partial charge in [0.15, 0.2) is 5.96 Å². The molecule has 29 heavy (non-hydrogen) atoms. The number of aromatic nitrogens is 1. The van der Waals surface area contributed by atoms with Crippen LogP contribution < -0.4 is 15.0 Å². The van der Waals surface area contributed by atoms with E-state index in [1.807, 2.05) is 19.2 Å². The van der Waals surface area contributed by atoms with E-state index >= 15 is 0 Å². The van der Waals surface area contributed by atoms with Crippen LogP contribution in [0.1, 0.15) is 5.56 Å². The van der Waals surface area contributed by atoms with Crippen molar-refractivity contribution < 1.29 is 4.74 Å². The number of aromatic amines is 1. The molecular weight excluding hydrogens is 362 g/mol. The molecule has 1 aliphatic rings. The number of ether oxygens (including phenoxy) is 1. The summed E-state index contributed by atoms with van der Waals surface area (Å²) in [5.74, 6) is 1.88. The van der Waals surface area contributed by atoms with E-state index in [9.17, 15) is 0 Å². The van der Waals surface area contributed by atoms with Gasteiger partial charge in [-0.1, -0.05) is 24.3 Å². The van der Waals surface area contributed by atoms with Gasteiger partial charge in [-0.05, 0) is 30.2 Å². The monoisotopic (exact) mass is 391 g/mol. The van der Waals surface area contributed by atoms with Crippen LogP contribution in [0.3, 0.4) is 0 Å². The first-order chi connectivity index (χ1) is 14.3. The fourth-order valence-corrected chi connectivity index (χ4v) is 3.96. The van der Waals surface area contributed by atoms with Crippen LogP contribution in [-0.4, -0.2) is 62.7 Å². The molecule has 0 saturated carbocycles. The average Bonchev–Trinajstić information content (AvgIpc) is 3.20. The Hall–Kier alpha value is -3.15. The van der Waals surface area contributed by atoms with Crippen molar-refractivity contribution >= 4 is 22.5 Å². The third-order valence-corrected chi connectivity index (χ3v) is 5.56. The van der Waals surface area contributed by atoms with Gasteiger partial charge in [-0.25, -0.2) is 0 Å². The number of fused-ring (bicyclic) bond motifs is 1. The minimum absolute atomic E-state index is 0.866. The highest BCUT2D eigenvalue weighted by Crippen LogP contribution is 2.22. The largest absolute Gasteiger partial charge is 0.497 e. The van der Waals surface area contributed by atoms with Gasteiger partial charge in [0.05, 0.1) is 7.11 Å². The summed E-state index contributed by atoms with van der Waals surface area (Å²) in [5, 5.41) is 4.84. The predicted molar refractivity (Wildman–Crippen MR) is 120 cm³/mol. The number of rotatable bonds is 5. The van der Waals surface area contributed by atoms with Crippen molar-refractivity contribution in [3.8, 4) is 5.75 Å². The van der Waals surface area contributed by atoms with Crippen LogP contribution in [0.25, 0.3) is 10.9 Å². The molecule has 4 rings (SSSR count). The number of hydrogen-bond donors (Lipinski definition) is 2. The van der Waals surface area contributed by atoms with E-state index in [1.165, 1.54) is 22.2 Å². The Morgan fingerprint density at radius 3 is 2.72 bits per heavy atom. The van der Waals surface area contributed by atoms with E-state index in [0.717, 1.165) is 50.9 Å². The van der Waals surface area contributed by atoms with Crippen molar-refractivity contribution in [1.82, 2.24) is 15.2 Å². The zero-order valence-corrected chi connectivity index (χ0v) is 17.2. The Bertz CT molecular complexity index is 972. The Kier molecular flexibility index (Phi) is 5.89. The Morgan fingerprint density at radius 1 is 1.10 bits per heavy atom. The van der Waals surface area contributed by atoms with Gasteiger partial charge in [-0.3, -0.25) is 4.99 Å². The van der Waals surface area contributed by atoms with Gasteiger partial charge in [0, 0.05) is 68.6 Å². The molecule has 1 saturated heterocycles. The van der Waals surface area contributed by atoms with Gasteiger partial charge >= 0.3 is 0 Å². The van der Waals surface area contributed by atoms with Crippen molar-refractivity contribution in [2.75, 3.05) is 51.8 Å². The lowest BCUT2D eigenvalue weighted by atomic mass is 10.1. The van der Waals surface area contributed by atoms with Crippen LogP contribution in [0.15, 0.2) is 59.7 Å². The molecule has 0 spiro atoms. The second-order valence-electron chi connectivity index (χ2n) is 7.26. The summed E-state index contributed by atoms with van der Waals surface area (Å²) < 4.78 is 5.36. The Labute approximate surface area is 172 Å². The number of piperazine rings is 1. The van der Waals surface area contributed by atoms with Crippen LogP contribution in [0.4, 0.5) is 5.69 Å². The summed E-state index contributed by atoms with van der Waals surface area (Å²) >= 11 is 0. The second-order valence-corrected chi connectivity index (χ2v) is 7.26. The number of nitrogens with zero attached hydrogens (tertiary/aromatic N) is 3. The lowest BCUT2D eigenvalue weighted by molar-refractivity contribution is 0.372. The maximum absolute atomic E-state index is 5.36. The van der Waals surface area contributed by atoms with Gasteiger partial charge in [0.25, 0.3) is 0 Å². The molecule has 1 aliphatic heterocycles. The minimum atomic E-state index is 0.866. The third kappa shape index (κ3) is 4.31. The first-order valence-electron chi connectivity index (χ1n) is 10.2. The molecule has 0 atom stereocenters. The second kappa shape index (κ2) is 8.90. The summed E-state index contributed by atoms with van der Waals surface area (Å²) in [5.41, 5.74) is 3.75. The zero-order chi connectivity index (χ0) is 20.1. The van der Waals surface area contributed by atoms with E-state index in [2.05, 4.69) is 67.7 Å². The van der Waals surface area contributed by atoms with Crippen LogP contribution in [0, 0.1) is 0 Å². The molecule has 1 fully saturated rings. The third-order valence-electron chi connectivity index (χ3n) is 5.56. The number of nitrogens with one attached hydrogen (secondary N) is 2. The van der Waals surface area contributed by atoms with Crippen molar-refractivity contribution in [2.24, 2.45) is 4.99 Å². The summed E-state index contributed by atoms with van der Waals surface area (Å²) in [6.07, 6.45) is 3.08. The molecule has 2 heterocycles. The maximum atomic E-state index is 5.36. The van der Waals surface area contributed by atoms with E-state index in [4.69, 9.17) is 4.74 Å². The average molecular weight is 392 g/mol. The number of methoxy groups -OCH3 is 1. The van der Waals surface area contributed by atoms with Crippen LogP contribution >= 0.6 is 0 Å².